The second-order valence-electron chi connectivity index (χ2n) is 6.43. The highest BCUT2D eigenvalue weighted by atomic mass is 19.1. The highest BCUT2D eigenvalue weighted by Gasteiger charge is 2.37. The predicted molar refractivity (Wildman–Crippen MR) is 109 cm³/mol. The molecule has 0 aromatic heterocycles. The number of halogens is 1. The van der Waals surface area contributed by atoms with E-state index < -0.39 is 30.4 Å². The van der Waals surface area contributed by atoms with Crippen LogP contribution in [0.2, 0.25) is 0 Å². The van der Waals surface area contributed by atoms with Crippen molar-refractivity contribution in [1.82, 2.24) is 4.90 Å². The molecule has 0 aliphatic carbocycles. The number of ether oxygens (including phenoxy) is 2. The third-order valence-corrected chi connectivity index (χ3v) is 4.43. The Kier molecular flexibility index (Phi) is 4.87. The van der Waals surface area contributed by atoms with E-state index in [4.69, 9.17) is 12.2 Å². The fourth-order valence-electron chi connectivity index (χ4n) is 2.96. The van der Waals surface area contributed by atoms with Crippen molar-refractivity contribution < 1.29 is 26.2 Å². The first kappa shape index (κ1) is 17.0. The van der Waals surface area contributed by atoms with Gasteiger partial charge in [-0.15, -0.1) is 0 Å². The highest BCUT2D eigenvalue weighted by Crippen LogP contribution is 2.29. The maximum atomic E-state index is 13.3. The average Bonchev–Trinajstić information content (AvgIpc) is 3.02. The molecule has 1 aliphatic rings. The van der Waals surface area contributed by atoms with Crippen LogP contribution in [0, 0.1) is 5.82 Å². The van der Waals surface area contributed by atoms with E-state index in [1.165, 1.54) is 18.2 Å². The Balaban J connectivity index is 1.60. The van der Waals surface area contributed by atoms with Crippen LogP contribution in [0.3, 0.4) is 0 Å². The molecule has 0 unspecified atom stereocenters. The number of cyclic esters (lactones) is 1. The number of carbonyl (C=O) groups is 2. The summed E-state index contributed by atoms with van der Waals surface area (Å²) in [5, 5.41) is 0. The van der Waals surface area contributed by atoms with Gasteiger partial charge in [0.15, 0.2) is 0 Å². The Hall–Kier alpha value is -3.93. The summed E-state index contributed by atoms with van der Waals surface area (Å²) >= 11 is 0. The number of imide groups is 1. The van der Waals surface area contributed by atoms with Gasteiger partial charge in [0.05, 0.1) is 2.74 Å². The molecule has 0 saturated carbocycles. The van der Waals surface area contributed by atoms with Crippen molar-refractivity contribution in [2.24, 2.45) is 0 Å². The van der Waals surface area contributed by atoms with Crippen molar-refractivity contribution in [1.29, 1.82) is 0 Å². The molecule has 1 saturated heterocycles. The van der Waals surface area contributed by atoms with E-state index >= 15 is 0 Å². The van der Waals surface area contributed by atoms with E-state index in [2.05, 4.69) is 0 Å². The van der Waals surface area contributed by atoms with Crippen LogP contribution >= 0.6 is 0 Å². The number of carbonyl (C=O) groups excluding carboxylic acids is 2. The first-order valence-corrected chi connectivity index (χ1v) is 9.17. The quantitative estimate of drug-likeness (QED) is 0.537. The van der Waals surface area contributed by atoms with E-state index in [-0.39, 0.29) is 5.56 Å². The minimum absolute atomic E-state index is 0.233. The normalized spacial score (nSPS) is 18.6. The van der Waals surface area contributed by atoms with Crippen molar-refractivity contribution in [2.45, 2.75) is 6.04 Å². The number of rotatable bonds is 5. The Bertz CT molecular complexity index is 1170. The van der Waals surface area contributed by atoms with Gasteiger partial charge >= 0.3 is 6.09 Å². The monoisotopic (exact) mass is 405 g/mol. The summed E-state index contributed by atoms with van der Waals surface area (Å²) in [4.78, 5) is 25.9. The number of benzene rings is 3. The van der Waals surface area contributed by atoms with Gasteiger partial charge in [0.25, 0.3) is 5.91 Å². The molecule has 30 heavy (non-hydrogen) atoms. The minimum Gasteiger partial charge on any atom is -0.457 e. The fraction of sp³-hybridized carbons (Fsp3) is 0.0833. The standard InChI is InChI=1S/C24H18FNO4/c25-19-13-10-17(11-14-19)21-16-29-24(28)26(21)23(27)15-12-18-6-4-5-9-22(18)30-20-7-2-1-3-8-20/h1-15,21H,16H2/b15-12+/t21-/m1/s1/i16D2. The summed E-state index contributed by atoms with van der Waals surface area (Å²) in [6.07, 6.45) is 1.50. The van der Waals surface area contributed by atoms with Crippen molar-refractivity contribution in [3.63, 3.8) is 0 Å². The fourth-order valence-corrected chi connectivity index (χ4v) is 2.96. The summed E-state index contributed by atoms with van der Waals surface area (Å²) in [6.45, 7) is -2.47. The summed E-state index contributed by atoms with van der Waals surface area (Å²) in [6, 6.07) is 19.7. The van der Waals surface area contributed by atoms with Crippen LogP contribution in [0.5, 0.6) is 11.5 Å². The van der Waals surface area contributed by atoms with Crippen LogP contribution in [-0.4, -0.2) is 23.5 Å². The van der Waals surface area contributed by atoms with Gasteiger partial charge in [-0.2, -0.15) is 0 Å². The zero-order valence-electron chi connectivity index (χ0n) is 17.7. The van der Waals surface area contributed by atoms with Gasteiger partial charge < -0.3 is 9.47 Å². The van der Waals surface area contributed by atoms with Crippen molar-refractivity contribution in [2.75, 3.05) is 6.56 Å². The second-order valence-corrected chi connectivity index (χ2v) is 6.43. The number of nitrogens with zero attached hydrogens (tertiary/aromatic N) is 1. The molecule has 1 aliphatic heterocycles. The molecular weight excluding hydrogens is 385 g/mol. The average molecular weight is 405 g/mol. The molecule has 0 spiro atoms. The predicted octanol–water partition coefficient (Wildman–Crippen LogP) is 5.35. The molecule has 3 aromatic rings. The zero-order valence-corrected chi connectivity index (χ0v) is 15.7. The molecule has 1 heterocycles. The number of hydrogen-bond donors (Lipinski definition) is 0. The number of amides is 2. The van der Waals surface area contributed by atoms with Crippen molar-refractivity contribution >= 4 is 18.1 Å². The highest BCUT2D eigenvalue weighted by molar-refractivity contribution is 6.02. The Morgan fingerprint density at radius 3 is 2.53 bits per heavy atom. The molecule has 150 valence electrons. The lowest BCUT2D eigenvalue weighted by molar-refractivity contribution is -0.124. The van der Waals surface area contributed by atoms with Crippen LogP contribution in [0.4, 0.5) is 9.18 Å². The first-order valence-electron chi connectivity index (χ1n) is 10.2. The van der Waals surface area contributed by atoms with Crippen molar-refractivity contribution in [3.8, 4) is 11.5 Å². The third kappa shape index (κ3) is 4.22. The Morgan fingerprint density at radius 2 is 1.77 bits per heavy atom. The van der Waals surface area contributed by atoms with Gasteiger partial charge in [-0.3, -0.25) is 4.79 Å². The van der Waals surface area contributed by atoms with E-state index in [9.17, 15) is 14.0 Å². The SMILES string of the molecule is [2H]C1([2H])OC(=O)N(C(=O)/C=C/c2ccccc2Oc2ccccc2)[C@H]1c1ccc(F)cc1. The minimum atomic E-state index is -2.47. The van der Waals surface area contributed by atoms with Gasteiger partial charge in [0.1, 0.15) is 29.9 Å². The van der Waals surface area contributed by atoms with Gasteiger partial charge in [-0.05, 0) is 42.0 Å². The molecule has 0 bridgehead atoms. The first-order chi connectivity index (χ1) is 15.3. The topological polar surface area (TPSA) is 55.8 Å². The van der Waals surface area contributed by atoms with E-state index in [1.54, 1.807) is 36.4 Å². The lowest BCUT2D eigenvalue weighted by atomic mass is 10.1. The molecular formula is C24H18FNO4. The van der Waals surface area contributed by atoms with E-state index in [0.29, 0.717) is 22.0 Å². The number of hydrogen-bond acceptors (Lipinski definition) is 4. The molecule has 2 amide bonds. The maximum Gasteiger partial charge on any atom is 0.417 e. The van der Waals surface area contributed by atoms with Crippen LogP contribution in [0.25, 0.3) is 6.08 Å². The lowest BCUT2D eigenvalue weighted by Crippen LogP contribution is -2.32. The van der Waals surface area contributed by atoms with E-state index in [0.717, 1.165) is 18.2 Å². The van der Waals surface area contributed by atoms with Gasteiger partial charge in [0.2, 0.25) is 0 Å². The summed E-state index contributed by atoms with van der Waals surface area (Å²) < 4.78 is 40.0. The zero-order chi connectivity index (χ0) is 22.7. The van der Waals surface area contributed by atoms with Crippen LogP contribution < -0.4 is 4.74 Å². The van der Waals surface area contributed by atoms with E-state index in [1.807, 2.05) is 18.2 Å². The van der Waals surface area contributed by atoms with Gasteiger partial charge in [-0.1, -0.05) is 48.5 Å². The summed E-state index contributed by atoms with van der Waals surface area (Å²) in [7, 11) is 0. The van der Waals surface area contributed by atoms with Crippen LogP contribution in [0.15, 0.2) is 84.9 Å². The molecule has 0 N–H and O–H groups in total. The molecule has 3 aromatic carbocycles. The third-order valence-electron chi connectivity index (χ3n) is 4.43. The lowest BCUT2D eigenvalue weighted by Gasteiger charge is -2.18. The molecule has 5 nitrogen and oxygen atoms in total. The van der Waals surface area contributed by atoms with Crippen LogP contribution in [0.1, 0.15) is 19.9 Å². The maximum absolute atomic E-state index is 13.3. The van der Waals surface area contributed by atoms with Gasteiger partial charge in [-0.25, -0.2) is 14.1 Å². The summed E-state index contributed by atoms with van der Waals surface area (Å²) in [5.41, 5.74) is 0.815. The molecule has 1 atom stereocenters. The molecule has 1 fully saturated rings. The van der Waals surface area contributed by atoms with Crippen molar-refractivity contribution in [3.05, 3.63) is 102 Å². The smallest absolute Gasteiger partial charge is 0.417 e. The second kappa shape index (κ2) is 8.61. The largest absolute Gasteiger partial charge is 0.457 e. The van der Waals surface area contributed by atoms with Crippen LogP contribution in [-0.2, 0) is 9.53 Å². The van der Waals surface area contributed by atoms with Gasteiger partial charge in [0, 0.05) is 11.6 Å². The number of para-hydroxylation sites is 2. The summed E-state index contributed by atoms with van der Waals surface area (Å²) in [5.74, 6) is -0.183. The molecule has 4 rings (SSSR count). The molecule has 6 heteroatoms. The molecule has 0 radical (unpaired) electrons. The Morgan fingerprint density at radius 1 is 1.07 bits per heavy atom. The Labute approximate surface area is 175 Å².